The van der Waals surface area contributed by atoms with Gasteiger partial charge in [0.15, 0.2) is 0 Å². The Morgan fingerprint density at radius 2 is 2.22 bits per heavy atom. The van der Waals surface area contributed by atoms with Crippen LogP contribution in [0.15, 0.2) is 24.4 Å². The van der Waals surface area contributed by atoms with E-state index in [4.69, 9.17) is 0 Å². The number of hydrogen-bond donors (Lipinski definition) is 1. The third kappa shape index (κ3) is 2.98. The van der Waals surface area contributed by atoms with Crippen molar-refractivity contribution < 1.29 is 9.18 Å². The fraction of sp³-hybridized carbons (Fsp3) is 0.500. The summed E-state index contributed by atoms with van der Waals surface area (Å²) in [6.07, 6.45) is 3.98. The first-order chi connectivity index (χ1) is 10.9. The Bertz CT molecular complexity index is 739. The Hall–Kier alpha value is -1.88. The summed E-state index contributed by atoms with van der Waals surface area (Å²) in [5.41, 5.74) is 1.80. The van der Waals surface area contributed by atoms with E-state index in [0.717, 1.165) is 48.9 Å². The lowest BCUT2D eigenvalue weighted by molar-refractivity contribution is -0.132. The van der Waals surface area contributed by atoms with Crippen LogP contribution in [0, 0.1) is 11.2 Å². The molecule has 1 fully saturated rings. The number of carbonyl (C=O) groups is 1. The third-order valence-electron chi connectivity index (χ3n) is 4.98. The highest BCUT2D eigenvalue weighted by Crippen LogP contribution is 2.31. The maximum atomic E-state index is 13.6. The molecule has 1 N–H and O–H groups in total. The van der Waals surface area contributed by atoms with Gasteiger partial charge in [-0.05, 0) is 50.1 Å². The minimum absolute atomic E-state index is 0.103. The Morgan fingerprint density at radius 3 is 2.96 bits per heavy atom. The largest absolute Gasteiger partial charge is 0.359 e. The Balaban J connectivity index is 1.85. The van der Waals surface area contributed by atoms with Crippen LogP contribution in [0.25, 0.3) is 10.9 Å². The van der Waals surface area contributed by atoms with Gasteiger partial charge in [-0.25, -0.2) is 4.39 Å². The van der Waals surface area contributed by atoms with Crippen LogP contribution in [-0.2, 0) is 18.4 Å². The van der Waals surface area contributed by atoms with Crippen LogP contribution in [0.4, 0.5) is 4.39 Å². The lowest BCUT2D eigenvalue weighted by Crippen LogP contribution is -2.49. The molecule has 0 radical (unpaired) electrons. The minimum atomic E-state index is -0.344. The van der Waals surface area contributed by atoms with Gasteiger partial charge in [-0.3, -0.25) is 9.69 Å². The van der Waals surface area contributed by atoms with Gasteiger partial charge in [0.05, 0.1) is 5.41 Å². The Labute approximate surface area is 136 Å². The third-order valence-corrected chi connectivity index (χ3v) is 4.98. The van der Waals surface area contributed by atoms with Gasteiger partial charge in [0, 0.05) is 44.3 Å². The van der Waals surface area contributed by atoms with E-state index in [9.17, 15) is 9.18 Å². The highest BCUT2D eigenvalue weighted by Gasteiger charge is 2.37. The number of aromatic nitrogens is 1. The zero-order valence-corrected chi connectivity index (χ0v) is 14.0. The van der Waals surface area contributed by atoms with E-state index in [1.165, 1.54) is 6.07 Å². The number of amides is 1. The number of fused-ring (bicyclic) bond motifs is 1. The van der Waals surface area contributed by atoms with Crippen LogP contribution in [0.1, 0.15) is 25.3 Å². The SMILES string of the molecule is CNC(=O)[C@@]1(C)CCCN(Cc2cn(C)c3ccc(F)cc23)C1. The molecule has 4 nitrogen and oxygen atoms in total. The summed E-state index contributed by atoms with van der Waals surface area (Å²) >= 11 is 0. The normalized spacial score (nSPS) is 22.4. The number of nitrogens with one attached hydrogen (secondary N) is 1. The average molecular weight is 317 g/mol. The molecule has 1 aliphatic heterocycles. The predicted molar refractivity (Wildman–Crippen MR) is 89.6 cm³/mol. The highest BCUT2D eigenvalue weighted by atomic mass is 19.1. The first-order valence-corrected chi connectivity index (χ1v) is 8.11. The van der Waals surface area contributed by atoms with E-state index in [0.29, 0.717) is 0 Å². The fourth-order valence-corrected chi connectivity index (χ4v) is 3.78. The number of benzene rings is 1. The monoisotopic (exact) mass is 317 g/mol. The van der Waals surface area contributed by atoms with E-state index in [1.54, 1.807) is 13.1 Å². The fourth-order valence-electron chi connectivity index (χ4n) is 3.78. The van der Waals surface area contributed by atoms with Crippen LogP contribution < -0.4 is 5.32 Å². The van der Waals surface area contributed by atoms with Gasteiger partial charge < -0.3 is 9.88 Å². The second-order valence-electron chi connectivity index (χ2n) is 6.88. The van der Waals surface area contributed by atoms with Crippen molar-refractivity contribution in [3.63, 3.8) is 0 Å². The molecule has 23 heavy (non-hydrogen) atoms. The molecule has 1 aliphatic rings. The zero-order chi connectivity index (χ0) is 16.6. The molecular formula is C18H24FN3O. The smallest absolute Gasteiger partial charge is 0.226 e. The summed E-state index contributed by atoms with van der Waals surface area (Å²) in [4.78, 5) is 14.5. The molecule has 1 aromatic carbocycles. The van der Waals surface area contributed by atoms with Crippen LogP contribution >= 0.6 is 0 Å². The summed E-state index contributed by atoms with van der Waals surface area (Å²) in [5.74, 6) is -0.107. The van der Waals surface area contributed by atoms with Gasteiger partial charge in [-0.2, -0.15) is 0 Å². The molecular weight excluding hydrogens is 293 g/mol. The molecule has 0 unspecified atom stereocenters. The molecule has 1 saturated heterocycles. The van der Waals surface area contributed by atoms with Crippen molar-refractivity contribution in [2.24, 2.45) is 12.5 Å². The quantitative estimate of drug-likeness (QED) is 0.945. The zero-order valence-electron chi connectivity index (χ0n) is 14.0. The van der Waals surface area contributed by atoms with Gasteiger partial charge in [0.2, 0.25) is 5.91 Å². The molecule has 0 saturated carbocycles. The van der Waals surface area contributed by atoms with Gasteiger partial charge >= 0.3 is 0 Å². The summed E-state index contributed by atoms with van der Waals surface area (Å²) < 4.78 is 15.6. The number of nitrogens with zero attached hydrogens (tertiary/aromatic N) is 2. The molecule has 1 amide bonds. The number of aryl methyl sites for hydroxylation is 1. The molecule has 0 bridgehead atoms. The van der Waals surface area contributed by atoms with Gasteiger partial charge in [-0.15, -0.1) is 0 Å². The second kappa shape index (κ2) is 5.96. The number of hydrogen-bond acceptors (Lipinski definition) is 2. The molecule has 3 rings (SSSR count). The topological polar surface area (TPSA) is 37.3 Å². The van der Waals surface area contributed by atoms with Crippen molar-refractivity contribution in [1.29, 1.82) is 0 Å². The first-order valence-electron chi connectivity index (χ1n) is 8.11. The molecule has 0 aliphatic carbocycles. The Kier molecular flexibility index (Phi) is 4.15. The number of carbonyl (C=O) groups excluding carboxylic acids is 1. The maximum absolute atomic E-state index is 13.6. The van der Waals surface area contributed by atoms with Crippen LogP contribution in [0.3, 0.4) is 0 Å². The van der Waals surface area contributed by atoms with E-state index in [-0.39, 0.29) is 17.1 Å². The van der Waals surface area contributed by atoms with E-state index in [2.05, 4.69) is 16.4 Å². The van der Waals surface area contributed by atoms with E-state index >= 15 is 0 Å². The number of piperidine rings is 1. The maximum Gasteiger partial charge on any atom is 0.226 e. The number of rotatable bonds is 3. The van der Waals surface area contributed by atoms with Crippen molar-refractivity contribution >= 4 is 16.8 Å². The van der Waals surface area contributed by atoms with Crippen LogP contribution in [0.5, 0.6) is 0 Å². The standard InChI is InChI=1S/C18H24FN3O/c1-18(17(23)20-2)7-4-8-22(12-18)11-13-10-21(3)16-6-5-14(19)9-15(13)16/h5-6,9-10H,4,7-8,11-12H2,1-3H3,(H,20,23)/t18-/m0/s1. The lowest BCUT2D eigenvalue weighted by Gasteiger charge is -2.39. The molecule has 2 aromatic rings. The number of halogens is 1. The summed E-state index contributed by atoms with van der Waals surface area (Å²) in [7, 11) is 3.68. The van der Waals surface area contributed by atoms with E-state index < -0.39 is 0 Å². The van der Waals surface area contributed by atoms with Gasteiger partial charge in [0.25, 0.3) is 0 Å². The summed E-state index contributed by atoms with van der Waals surface area (Å²) in [6, 6.07) is 4.92. The molecule has 1 atom stereocenters. The molecule has 2 heterocycles. The van der Waals surface area contributed by atoms with Crippen molar-refractivity contribution in [2.75, 3.05) is 20.1 Å². The van der Waals surface area contributed by atoms with Crippen molar-refractivity contribution in [3.05, 3.63) is 35.8 Å². The van der Waals surface area contributed by atoms with Crippen molar-refractivity contribution in [3.8, 4) is 0 Å². The molecule has 0 spiro atoms. The Morgan fingerprint density at radius 1 is 1.43 bits per heavy atom. The molecule has 124 valence electrons. The summed E-state index contributed by atoms with van der Waals surface area (Å²) in [6.45, 7) is 4.48. The highest BCUT2D eigenvalue weighted by molar-refractivity contribution is 5.84. The first kappa shape index (κ1) is 16.0. The average Bonchev–Trinajstić information content (AvgIpc) is 2.82. The number of likely N-dealkylation sites (tertiary alicyclic amines) is 1. The lowest BCUT2D eigenvalue weighted by atomic mass is 9.81. The van der Waals surface area contributed by atoms with Gasteiger partial charge in [0.1, 0.15) is 5.82 Å². The molecule has 1 aromatic heterocycles. The van der Waals surface area contributed by atoms with Crippen LogP contribution in [-0.4, -0.2) is 35.5 Å². The predicted octanol–water partition coefficient (Wildman–Crippen LogP) is 2.67. The van der Waals surface area contributed by atoms with Crippen molar-refractivity contribution in [2.45, 2.75) is 26.3 Å². The van der Waals surface area contributed by atoms with Crippen molar-refractivity contribution in [1.82, 2.24) is 14.8 Å². The molecule has 5 heteroatoms. The minimum Gasteiger partial charge on any atom is -0.359 e. The van der Waals surface area contributed by atoms with Gasteiger partial charge in [-0.1, -0.05) is 0 Å². The second-order valence-corrected chi connectivity index (χ2v) is 6.88. The van der Waals surface area contributed by atoms with Crippen LogP contribution in [0.2, 0.25) is 0 Å². The van der Waals surface area contributed by atoms with E-state index in [1.807, 2.05) is 24.6 Å². The summed E-state index contributed by atoms with van der Waals surface area (Å²) in [5, 5.41) is 3.74.